The molecule has 0 atom stereocenters. The average Bonchev–Trinajstić information content (AvgIpc) is 3.05. The third-order valence-corrected chi connectivity index (χ3v) is 6.46. The van der Waals surface area contributed by atoms with Crippen LogP contribution < -0.4 is 10.4 Å². The lowest BCUT2D eigenvalue weighted by Crippen LogP contribution is -2.33. The van der Waals surface area contributed by atoms with Crippen molar-refractivity contribution in [2.45, 2.75) is 11.8 Å². The summed E-state index contributed by atoms with van der Waals surface area (Å²) < 4.78 is 33.4. The average molecular weight is 422 g/mol. The minimum Gasteiger partial charge on any atom is -0.496 e. The van der Waals surface area contributed by atoms with Crippen LogP contribution in [0.2, 0.25) is 0 Å². The zero-order valence-electron chi connectivity index (χ0n) is 16.3. The summed E-state index contributed by atoms with van der Waals surface area (Å²) in [7, 11) is -2.81. The molecule has 30 heavy (non-hydrogen) atoms. The van der Waals surface area contributed by atoms with Gasteiger partial charge in [-0.05, 0) is 48.9 Å². The normalized spacial score (nSPS) is 11.5. The Morgan fingerprint density at radius 2 is 1.57 bits per heavy atom. The summed E-state index contributed by atoms with van der Waals surface area (Å²) in [6.45, 7) is 1.76. The fourth-order valence-corrected chi connectivity index (χ4v) is 4.87. The molecule has 0 aliphatic rings. The SMILES string of the molecule is COc1ccccc1C(=O)n1c(=O)n(S(=O)(=O)c2cccc(C)c2)c2ccccc21. The van der Waals surface area contributed by atoms with Crippen LogP contribution in [-0.2, 0) is 10.0 Å². The van der Waals surface area contributed by atoms with Crippen LogP contribution in [0.5, 0.6) is 5.75 Å². The highest BCUT2D eigenvalue weighted by atomic mass is 32.2. The van der Waals surface area contributed by atoms with Gasteiger partial charge in [0, 0.05) is 0 Å². The second-order valence-corrected chi connectivity index (χ2v) is 8.48. The van der Waals surface area contributed by atoms with E-state index in [2.05, 4.69) is 0 Å². The molecule has 152 valence electrons. The Morgan fingerprint density at radius 1 is 0.900 bits per heavy atom. The second kappa shape index (κ2) is 7.31. The predicted molar refractivity (Wildman–Crippen MR) is 113 cm³/mol. The quantitative estimate of drug-likeness (QED) is 0.504. The van der Waals surface area contributed by atoms with Gasteiger partial charge < -0.3 is 4.74 Å². The lowest BCUT2D eigenvalue weighted by atomic mass is 10.2. The number of aromatic nitrogens is 2. The molecule has 0 N–H and O–H groups in total. The van der Waals surface area contributed by atoms with Gasteiger partial charge in [-0.1, -0.05) is 36.4 Å². The van der Waals surface area contributed by atoms with Crippen LogP contribution in [0, 0.1) is 6.92 Å². The van der Waals surface area contributed by atoms with E-state index in [0.29, 0.717) is 3.97 Å². The van der Waals surface area contributed by atoms with Crippen molar-refractivity contribution < 1.29 is 17.9 Å². The molecule has 0 aliphatic carbocycles. The Kier molecular flexibility index (Phi) is 4.79. The van der Waals surface area contributed by atoms with Crippen molar-refractivity contribution in [2.24, 2.45) is 0 Å². The van der Waals surface area contributed by atoms with Crippen molar-refractivity contribution in [1.29, 1.82) is 0 Å². The van der Waals surface area contributed by atoms with Crippen LogP contribution in [0.4, 0.5) is 0 Å². The number of benzene rings is 3. The van der Waals surface area contributed by atoms with E-state index in [1.54, 1.807) is 49.4 Å². The van der Waals surface area contributed by atoms with Crippen LogP contribution >= 0.6 is 0 Å². The molecule has 0 saturated carbocycles. The molecule has 0 amide bonds. The molecule has 0 radical (unpaired) electrons. The zero-order chi connectivity index (χ0) is 21.5. The van der Waals surface area contributed by atoms with Gasteiger partial charge in [-0.2, -0.15) is 3.97 Å². The van der Waals surface area contributed by atoms with Crippen molar-refractivity contribution in [3.63, 3.8) is 0 Å². The molecule has 1 aromatic heterocycles. The molecule has 0 saturated heterocycles. The molecule has 0 aliphatic heterocycles. The number of rotatable bonds is 4. The van der Waals surface area contributed by atoms with Crippen molar-refractivity contribution in [2.75, 3.05) is 7.11 Å². The summed E-state index contributed by atoms with van der Waals surface area (Å²) in [4.78, 5) is 26.5. The van der Waals surface area contributed by atoms with Gasteiger partial charge in [0.05, 0.1) is 28.6 Å². The number of hydrogen-bond donors (Lipinski definition) is 0. The maximum atomic E-state index is 13.3. The maximum absolute atomic E-state index is 13.3. The molecule has 4 aromatic rings. The van der Waals surface area contributed by atoms with E-state index in [1.165, 1.54) is 37.4 Å². The topological polar surface area (TPSA) is 87.4 Å². The van der Waals surface area contributed by atoms with Crippen LogP contribution in [0.1, 0.15) is 15.9 Å². The number of aryl methyl sites for hydroxylation is 1. The van der Waals surface area contributed by atoms with Crippen LogP contribution in [0.3, 0.4) is 0 Å². The van der Waals surface area contributed by atoms with Crippen LogP contribution in [-0.4, -0.2) is 30.0 Å². The monoisotopic (exact) mass is 422 g/mol. The third-order valence-electron chi connectivity index (χ3n) is 4.77. The van der Waals surface area contributed by atoms with Gasteiger partial charge in [-0.15, -0.1) is 0 Å². The van der Waals surface area contributed by atoms with Gasteiger partial charge in [-0.25, -0.2) is 17.8 Å². The largest absolute Gasteiger partial charge is 0.496 e. The highest BCUT2D eigenvalue weighted by Crippen LogP contribution is 2.23. The standard InChI is InChI=1S/C22H18N2O5S/c1-15-8-7-9-16(14-15)30(27,28)24-19-12-5-4-11-18(19)23(22(24)26)21(25)17-10-3-6-13-20(17)29-2/h3-14H,1-2H3. The number of fused-ring (bicyclic) bond motifs is 1. The first-order valence-electron chi connectivity index (χ1n) is 9.08. The number of imidazole rings is 1. The molecule has 8 heteroatoms. The number of carbonyl (C=O) groups excluding carboxylic acids is 1. The van der Waals surface area contributed by atoms with Crippen molar-refractivity contribution in [3.8, 4) is 5.75 Å². The number of carbonyl (C=O) groups is 1. The smallest absolute Gasteiger partial charge is 0.350 e. The number of nitrogens with zero attached hydrogens (tertiary/aromatic N) is 2. The summed E-state index contributed by atoms with van der Waals surface area (Å²) in [6.07, 6.45) is 0. The highest BCUT2D eigenvalue weighted by Gasteiger charge is 2.28. The van der Waals surface area contributed by atoms with Crippen molar-refractivity contribution in [1.82, 2.24) is 8.54 Å². The summed E-state index contributed by atoms with van der Waals surface area (Å²) in [5.41, 5.74) is 0.228. The van der Waals surface area contributed by atoms with Gasteiger partial charge in [0.25, 0.3) is 15.9 Å². The minimum absolute atomic E-state index is 0.0303. The first kappa shape index (κ1) is 19.7. The van der Waals surface area contributed by atoms with E-state index < -0.39 is 21.6 Å². The summed E-state index contributed by atoms with van der Waals surface area (Å²) in [5, 5.41) is 0. The molecule has 0 bridgehead atoms. The summed E-state index contributed by atoms with van der Waals surface area (Å²) in [6, 6.07) is 19.0. The van der Waals surface area contributed by atoms with Crippen LogP contribution in [0.15, 0.2) is 82.5 Å². The minimum atomic E-state index is -4.23. The molecule has 0 spiro atoms. The van der Waals surface area contributed by atoms with E-state index in [4.69, 9.17) is 4.74 Å². The van der Waals surface area contributed by atoms with E-state index in [0.717, 1.165) is 10.1 Å². The van der Waals surface area contributed by atoms with Crippen molar-refractivity contribution in [3.05, 3.63) is 94.4 Å². The van der Waals surface area contributed by atoms with E-state index >= 15 is 0 Å². The first-order chi connectivity index (χ1) is 14.4. The van der Waals surface area contributed by atoms with E-state index in [1.807, 2.05) is 0 Å². The Labute approximate surface area is 172 Å². The number of para-hydroxylation sites is 3. The predicted octanol–water partition coefficient (Wildman–Crippen LogP) is 3.05. The Morgan fingerprint density at radius 3 is 2.27 bits per heavy atom. The Balaban J connectivity index is 2.03. The molecule has 0 unspecified atom stereocenters. The Bertz CT molecular complexity index is 1450. The maximum Gasteiger partial charge on any atom is 0.350 e. The molecule has 0 fully saturated rings. The van der Waals surface area contributed by atoms with Gasteiger partial charge in [0.1, 0.15) is 5.75 Å². The fraction of sp³-hybridized carbons (Fsp3) is 0.0909. The molecular formula is C22H18N2O5S. The van der Waals surface area contributed by atoms with Crippen LogP contribution in [0.25, 0.3) is 11.0 Å². The fourth-order valence-electron chi connectivity index (χ4n) is 3.37. The van der Waals surface area contributed by atoms with Crippen molar-refractivity contribution >= 4 is 27.0 Å². The Hall–Kier alpha value is -3.65. The number of methoxy groups -OCH3 is 1. The summed E-state index contributed by atoms with van der Waals surface area (Å²) in [5.74, 6) is -0.389. The zero-order valence-corrected chi connectivity index (χ0v) is 17.1. The summed E-state index contributed by atoms with van der Waals surface area (Å²) >= 11 is 0. The van der Waals surface area contributed by atoms with Gasteiger partial charge >= 0.3 is 5.69 Å². The van der Waals surface area contributed by atoms with Gasteiger partial charge in [0.15, 0.2) is 0 Å². The van der Waals surface area contributed by atoms with E-state index in [9.17, 15) is 18.0 Å². The number of hydrogen-bond acceptors (Lipinski definition) is 5. The highest BCUT2D eigenvalue weighted by molar-refractivity contribution is 7.90. The first-order valence-corrected chi connectivity index (χ1v) is 10.5. The second-order valence-electron chi connectivity index (χ2n) is 6.70. The molecule has 7 nitrogen and oxygen atoms in total. The molecule has 1 heterocycles. The van der Waals surface area contributed by atoms with E-state index in [-0.39, 0.29) is 27.2 Å². The lowest BCUT2D eigenvalue weighted by molar-refractivity contribution is 0.0958. The lowest BCUT2D eigenvalue weighted by Gasteiger charge is -2.08. The molecular weight excluding hydrogens is 404 g/mol. The van der Waals surface area contributed by atoms with Gasteiger partial charge in [-0.3, -0.25) is 4.79 Å². The third kappa shape index (κ3) is 3.02. The molecule has 3 aromatic carbocycles. The number of ether oxygens (including phenoxy) is 1. The van der Waals surface area contributed by atoms with Gasteiger partial charge in [0.2, 0.25) is 0 Å². The molecule has 4 rings (SSSR count).